The Morgan fingerprint density at radius 1 is 1.12 bits per heavy atom. The molecule has 1 aliphatic heterocycles. The third-order valence-electron chi connectivity index (χ3n) is 4.65. The van der Waals surface area contributed by atoms with E-state index in [-0.39, 0.29) is 29.7 Å². The first-order chi connectivity index (χ1) is 11.6. The van der Waals surface area contributed by atoms with E-state index in [1.165, 1.54) is 6.07 Å². The summed E-state index contributed by atoms with van der Waals surface area (Å²) < 4.78 is 27.6. The predicted molar refractivity (Wildman–Crippen MR) is 88.1 cm³/mol. The lowest BCUT2D eigenvalue weighted by molar-refractivity contribution is -0.136. The Bertz CT molecular complexity index is 721. The van der Waals surface area contributed by atoms with Crippen LogP contribution < -0.4 is 5.73 Å². The maximum absolute atomic E-state index is 14.1. The number of likely N-dealkylation sites (tertiary alicyclic amines) is 1. The lowest BCUT2D eigenvalue weighted by atomic mass is 9.79. The highest BCUT2D eigenvalue weighted by Gasteiger charge is 2.35. The van der Waals surface area contributed by atoms with Crippen LogP contribution in [-0.4, -0.2) is 23.9 Å². The Morgan fingerprint density at radius 2 is 1.88 bits per heavy atom. The van der Waals surface area contributed by atoms with Gasteiger partial charge in [-0.05, 0) is 41.8 Å². The van der Waals surface area contributed by atoms with Gasteiger partial charge in [0.05, 0.1) is 0 Å². The summed E-state index contributed by atoms with van der Waals surface area (Å²) >= 11 is 0. The number of halogens is 2. The minimum absolute atomic E-state index is 0.0581. The summed E-state index contributed by atoms with van der Waals surface area (Å²) in [5, 5.41) is 0. The molecule has 3 rings (SSSR count). The lowest BCUT2D eigenvalue weighted by Gasteiger charge is -2.38. The molecule has 2 atom stereocenters. The van der Waals surface area contributed by atoms with Crippen LogP contribution in [0.25, 0.3) is 0 Å². The van der Waals surface area contributed by atoms with Crippen LogP contribution in [0.1, 0.15) is 23.5 Å². The molecule has 0 radical (unpaired) electrons. The number of carbonyl (C=O) groups excluding carboxylic acids is 1. The monoisotopic (exact) mass is 330 g/mol. The van der Waals surface area contributed by atoms with Crippen molar-refractivity contribution in [3.05, 3.63) is 71.3 Å². The summed E-state index contributed by atoms with van der Waals surface area (Å²) in [7, 11) is 0. The third kappa shape index (κ3) is 3.46. The van der Waals surface area contributed by atoms with Crippen molar-refractivity contribution in [3.63, 3.8) is 0 Å². The molecule has 0 aromatic heterocycles. The van der Waals surface area contributed by atoms with E-state index < -0.39 is 11.6 Å². The molecular weight excluding hydrogens is 310 g/mol. The third-order valence-corrected chi connectivity index (χ3v) is 4.65. The topological polar surface area (TPSA) is 46.3 Å². The predicted octanol–water partition coefficient (Wildman–Crippen LogP) is 3.06. The van der Waals surface area contributed by atoms with E-state index in [0.29, 0.717) is 19.6 Å². The van der Waals surface area contributed by atoms with E-state index in [0.717, 1.165) is 17.7 Å². The molecule has 1 aliphatic rings. The molecule has 0 saturated carbocycles. The number of piperidine rings is 1. The largest absolute Gasteiger partial charge is 0.338 e. The number of hydrogen-bond acceptors (Lipinski definition) is 2. The smallest absolute Gasteiger partial charge is 0.223 e. The number of nitrogens with zero attached hydrogens (tertiary/aromatic N) is 1. The maximum atomic E-state index is 14.1. The summed E-state index contributed by atoms with van der Waals surface area (Å²) in [6.07, 6.45) is 0.148. The quantitative estimate of drug-likeness (QED) is 0.936. The molecule has 0 aliphatic carbocycles. The maximum Gasteiger partial charge on any atom is 0.223 e. The average molecular weight is 330 g/mol. The zero-order valence-electron chi connectivity index (χ0n) is 13.3. The highest BCUT2D eigenvalue weighted by Crippen LogP contribution is 2.35. The van der Waals surface area contributed by atoms with Crippen LogP contribution in [0.5, 0.6) is 0 Å². The SMILES string of the molecule is NC[C@H]1CN(Cc2ccccc2)C(=O)C[C@@H]1c1cc(F)ccc1F. The molecular formula is C19H20F2N2O. The van der Waals surface area contributed by atoms with Crippen LogP contribution in [0.3, 0.4) is 0 Å². The van der Waals surface area contributed by atoms with Gasteiger partial charge in [-0.25, -0.2) is 8.78 Å². The molecule has 5 heteroatoms. The molecule has 1 amide bonds. The van der Waals surface area contributed by atoms with Crippen molar-refractivity contribution in [1.29, 1.82) is 0 Å². The van der Waals surface area contributed by atoms with Crippen molar-refractivity contribution >= 4 is 5.91 Å². The summed E-state index contributed by atoms with van der Waals surface area (Å²) in [5.41, 5.74) is 7.15. The Hall–Kier alpha value is -2.27. The van der Waals surface area contributed by atoms with E-state index in [4.69, 9.17) is 5.73 Å². The Labute approximate surface area is 140 Å². The molecule has 2 aromatic carbocycles. The van der Waals surface area contributed by atoms with Gasteiger partial charge in [-0.3, -0.25) is 4.79 Å². The first kappa shape index (κ1) is 16.6. The molecule has 24 heavy (non-hydrogen) atoms. The number of benzene rings is 2. The molecule has 3 nitrogen and oxygen atoms in total. The molecule has 1 saturated heterocycles. The van der Waals surface area contributed by atoms with Crippen molar-refractivity contribution in [3.8, 4) is 0 Å². The van der Waals surface area contributed by atoms with E-state index in [1.54, 1.807) is 4.90 Å². The van der Waals surface area contributed by atoms with Crippen LogP contribution in [0.15, 0.2) is 48.5 Å². The summed E-state index contributed by atoms with van der Waals surface area (Å²) in [6, 6.07) is 13.1. The van der Waals surface area contributed by atoms with Gasteiger partial charge in [-0.2, -0.15) is 0 Å². The molecule has 2 N–H and O–H groups in total. The molecule has 1 fully saturated rings. The van der Waals surface area contributed by atoms with E-state index >= 15 is 0 Å². The first-order valence-electron chi connectivity index (χ1n) is 8.05. The molecule has 0 unspecified atom stereocenters. The standard InChI is InChI=1S/C19H20F2N2O/c20-15-6-7-18(21)17(8-15)16-9-19(24)23(12-14(16)10-22)11-13-4-2-1-3-5-13/h1-8,14,16H,9-12,22H2/t14-,16-/m0/s1. The summed E-state index contributed by atoms with van der Waals surface area (Å²) in [5.74, 6) is -1.52. The van der Waals surface area contributed by atoms with Crippen molar-refractivity contribution in [2.45, 2.75) is 18.9 Å². The van der Waals surface area contributed by atoms with Gasteiger partial charge in [0, 0.05) is 25.4 Å². The van der Waals surface area contributed by atoms with E-state index in [1.807, 2.05) is 30.3 Å². The van der Waals surface area contributed by atoms with Gasteiger partial charge in [0.1, 0.15) is 11.6 Å². The molecule has 1 heterocycles. The highest BCUT2D eigenvalue weighted by molar-refractivity contribution is 5.78. The van der Waals surface area contributed by atoms with Crippen LogP contribution in [0.4, 0.5) is 8.78 Å². The van der Waals surface area contributed by atoms with Crippen LogP contribution in [-0.2, 0) is 11.3 Å². The fourth-order valence-corrected chi connectivity index (χ4v) is 3.35. The van der Waals surface area contributed by atoms with Gasteiger partial charge in [0.15, 0.2) is 0 Å². The minimum Gasteiger partial charge on any atom is -0.338 e. The second kappa shape index (κ2) is 7.09. The van der Waals surface area contributed by atoms with Crippen LogP contribution >= 0.6 is 0 Å². The van der Waals surface area contributed by atoms with Gasteiger partial charge < -0.3 is 10.6 Å². The van der Waals surface area contributed by atoms with E-state index in [2.05, 4.69) is 0 Å². The number of amides is 1. The van der Waals surface area contributed by atoms with Crippen molar-refractivity contribution in [2.24, 2.45) is 11.7 Å². The molecule has 2 aromatic rings. The van der Waals surface area contributed by atoms with Crippen molar-refractivity contribution < 1.29 is 13.6 Å². The zero-order chi connectivity index (χ0) is 17.1. The number of rotatable bonds is 4. The fourth-order valence-electron chi connectivity index (χ4n) is 3.35. The molecule has 126 valence electrons. The van der Waals surface area contributed by atoms with Crippen LogP contribution in [0, 0.1) is 17.6 Å². The van der Waals surface area contributed by atoms with Gasteiger partial charge in [0.25, 0.3) is 0 Å². The van der Waals surface area contributed by atoms with Crippen molar-refractivity contribution in [1.82, 2.24) is 4.90 Å². The Balaban J connectivity index is 1.81. The van der Waals surface area contributed by atoms with Crippen LogP contribution in [0.2, 0.25) is 0 Å². The fraction of sp³-hybridized carbons (Fsp3) is 0.316. The van der Waals surface area contributed by atoms with Crippen molar-refractivity contribution in [2.75, 3.05) is 13.1 Å². The minimum atomic E-state index is -0.499. The molecule has 0 spiro atoms. The zero-order valence-corrected chi connectivity index (χ0v) is 13.3. The Morgan fingerprint density at radius 3 is 2.58 bits per heavy atom. The lowest BCUT2D eigenvalue weighted by Crippen LogP contribution is -2.45. The van der Waals surface area contributed by atoms with Gasteiger partial charge in [0.2, 0.25) is 5.91 Å². The normalized spacial score (nSPS) is 21.1. The van der Waals surface area contributed by atoms with E-state index in [9.17, 15) is 13.6 Å². The second-order valence-electron chi connectivity index (χ2n) is 6.23. The van der Waals surface area contributed by atoms with Gasteiger partial charge in [-0.1, -0.05) is 30.3 Å². The molecule has 0 bridgehead atoms. The number of hydrogen-bond donors (Lipinski definition) is 1. The Kier molecular flexibility index (Phi) is 4.90. The number of carbonyl (C=O) groups is 1. The summed E-state index contributed by atoms with van der Waals surface area (Å²) in [6.45, 7) is 1.28. The average Bonchev–Trinajstić information content (AvgIpc) is 2.59. The van der Waals surface area contributed by atoms with Gasteiger partial charge >= 0.3 is 0 Å². The highest BCUT2D eigenvalue weighted by atomic mass is 19.1. The van der Waals surface area contributed by atoms with Gasteiger partial charge in [-0.15, -0.1) is 0 Å². The summed E-state index contributed by atoms with van der Waals surface area (Å²) in [4.78, 5) is 14.3. The first-order valence-corrected chi connectivity index (χ1v) is 8.05. The number of nitrogens with two attached hydrogens (primary N) is 1. The second-order valence-corrected chi connectivity index (χ2v) is 6.23.